The van der Waals surface area contributed by atoms with Crippen LogP contribution in [0.25, 0.3) is 10.7 Å². The van der Waals surface area contributed by atoms with Gasteiger partial charge in [-0.2, -0.15) is 0 Å². The van der Waals surface area contributed by atoms with Crippen LogP contribution in [0.15, 0.2) is 84.4 Å². The Morgan fingerprint density at radius 2 is 1.68 bits per heavy atom. The first-order valence-electron chi connectivity index (χ1n) is 8.75. The van der Waals surface area contributed by atoms with Gasteiger partial charge in [0.2, 0.25) is 5.91 Å². The zero-order chi connectivity index (χ0) is 19.2. The Morgan fingerprint density at radius 3 is 2.43 bits per heavy atom. The van der Waals surface area contributed by atoms with Crippen molar-refractivity contribution in [3.63, 3.8) is 0 Å². The fourth-order valence-electron chi connectivity index (χ4n) is 2.60. The first kappa shape index (κ1) is 17.9. The van der Waals surface area contributed by atoms with E-state index in [1.807, 2.05) is 78.2 Å². The molecule has 0 aliphatic heterocycles. The largest absolute Gasteiger partial charge is 0.457 e. The van der Waals surface area contributed by atoms with Crippen molar-refractivity contribution in [1.29, 1.82) is 0 Å². The van der Waals surface area contributed by atoms with Crippen molar-refractivity contribution in [3.05, 3.63) is 90.1 Å². The van der Waals surface area contributed by atoms with Gasteiger partial charge in [-0.1, -0.05) is 24.3 Å². The Morgan fingerprint density at radius 1 is 0.929 bits per heavy atom. The molecule has 4 rings (SSSR count). The molecule has 0 aliphatic rings. The van der Waals surface area contributed by atoms with E-state index in [4.69, 9.17) is 4.74 Å². The topological polar surface area (TPSA) is 64.1 Å². The molecule has 2 heterocycles. The molecule has 138 valence electrons. The van der Waals surface area contributed by atoms with Crippen LogP contribution in [0, 0.1) is 0 Å². The highest BCUT2D eigenvalue weighted by Gasteiger charge is 2.10. The van der Waals surface area contributed by atoms with Crippen LogP contribution in [0.5, 0.6) is 11.5 Å². The molecular weight excluding hydrogens is 370 g/mol. The van der Waals surface area contributed by atoms with E-state index in [0.29, 0.717) is 11.4 Å². The lowest BCUT2D eigenvalue weighted by Gasteiger charge is -2.07. The Kier molecular flexibility index (Phi) is 5.40. The van der Waals surface area contributed by atoms with Crippen LogP contribution in [0.3, 0.4) is 0 Å². The molecule has 2 aromatic carbocycles. The van der Waals surface area contributed by atoms with Gasteiger partial charge in [0.25, 0.3) is 0 Å². The van der Waals surface area contributed by atoms with Crippen molar-refractivity contribution < 1.29 is 9.53 Å². The van der Waals surface area contributed by atoms with Gasteiger partial charge in [-0.3, -0.25) is 9.78 Å². The number of pyridine rings is 1. The average Bonchev–Trinajstić information content (AvgIpc) is 3.19. The Bertz CT molecular complexity index is 1050. The molecule has 0 saturated carbocycles. The minimum atomic E-state index is -0.116. The number of carbonyl (C=O) groups is 1. The minimum Gasteiger partial charge on any atom is -0.457 e. The van der Waals surface area contributed by atoms with Crippen molar-refractivity contribution in [2.24, 2.45) is 0 Å². The molecule has 5 nitrogen and oxygen atoms in total. The molecule has 6 heteroatoms. The van der Waals surface area contributed by atoms with E-state index >= 15 is 0 Å². The van der Waals surface area contributed by atoms with Crippen molar-refractivity contribution in [2.45, 2.75) is 6.42 Å². The molecule has 1 N–H and O–H groups in total. The lowest BCUT2D eigenvalue weighted by Crippen LogP contribution is -2.14. The molecule has 0 unspecified atom stereocenters. The number of anilines is 1. The fourth-order valence-corrected chi connectivity index (χ4v) is 3.39. The third-order valence-corrected chi connectivity index (χ3v) is 4.81. The maximum Gasteiger partial charge on any atom is 0.230 e. The van der Waals surface area contributed by atoms with E-state index in [1.54, 1.807) is 6.20 Å². The number of thiazole rings is 1. The van der Waals surface area contributed by atoms with Gasteiger partial charge in [-0.05, 0) is 48.5 Å². The summed E-state index contributed by atoms with van der Waals surface area (Å²) in [5.41, 5.74) is 2.26. The van der Waals surface area contributed by atoms with Gasteiger partial charge in [0.15, 0.2) is 0 Å². The average molecular weight is 387 g/mol. The van der Waals surface area contributed by atoms with Gasteiger partial charge in [-0.25, -0.2) is 4.98 Å². The quantitative estimate of drug-likeness (QED) is 0.495. The van der Waals surface area contributed by atoms with Gasteiger partial charge in [-0.15, -0.1) is 11.3 Å². The third-order valence-electron chi connectivity index (χ3n) is 3.89. The Hall–Kier alpha value is -3.51. The van der Waals surface area contributed by atoms with Crippen molar-refractivity contribution in [1.82, 2.24) is 9.97 Å². The molecule has 2 aromatic heterocycles. The molecule has 0 aliphatic carbocycles. The van der Waals surface area contributed by atoms with E-state index < -0.39 is 0 Å². The second-order valence-electron chi connectivity index (χ2n) is 6.02. The monoisotopic (exact) mass is 387 g/mol. The number of benzene rings is 2. The van der Waals surface area contributed by atoms with Crippen LogP contribution in [0.2, 0.25) is 0 Å². The molecule has 0 atom stereocenters. The van der Waals surface area contributed by atoms with Gasteiger partial charge >= 0.3 is 0 Å². The van der Waals surface area contributed by atoms with Crippen LogP contribution in [-0.4, -0.2) is 15.9 Å². The second kappa shape index (κ2) is 8.45. The molecule has 4 aromatic rings. The van der Waals surface area contributed by atoms with Crippen LogP contribution in [0.1, 0.15) is 5.69 Å². The molecule has 0 radical (unpaired) electrons. The van der Waals surface area contributed by atoms with Crippen LogP contribution in [0.4, 0.5) is 5.69 Å². The van der Waals surface area contributed by atoms with E-state index in [2.05, 4.69) is 15.3 Å². The Labute approximate surface area is 166 Å². The Balaban J connectivity index is 1.34. The van der Waals surface area contributed by atoms with Crippen LogP contribution >= 0.6 is 11.3 Å². The lowest BCUT2D eigenvalue weighted by atomic mass is 10.2. The SMILES string of the molecule is O=C(Cc1csc(-c2ccccn2)n1)Nc1ccc(Oc2ccccc2)cc1. The first-order chi connectivity index (χ1) is 13.8. The predicted octanol–water partition coefficient (Wildman–Crippen LogP) is 5.18. The van der Waals surface area contributed by atoms with Gasteiger partial charge in [0.05, 0.1) is 17.8 Å². The molecular formula is C22H17N3O2S. The second-order valence-corrected chi connectivity index (χ2v) is 6.88. The standard InChI is InChI=1S/C22H17N3O2S/c26-21(14-17-15-28-22(25-17)20-8-4-5-13-23-20)24-16-9-11-19(12-10-16)27-18-6-2-1-3-7-18/h1-13,15H,14H2,(H,24,26). The fraction of sp³-hybridized carbons (Fsp3) is 0.0455. The lowest BCUT2D eigenvalue weighted by molar-refractivity contribution is -0.115. The van der Waals surface area contributed by atoms with E-state index in [0.717, 1.165) is 22.1 Å². The summed E-state index contributed by atoms with van der Waals surface area (Å²) in [6, 6.07) is 22.5. The molecule has 0 fully saturated rings. The summed E-state index contributed by atoms with van der Waals surface area (Å²) in [6.07, 6.45) is 1.94. The smallest absolute Gasteiger partial charge is 0.230 e. The number of amides is 1. The molecule has 0 bridgehead atoms. The molecule has 1 amide bonds. The summed E-state index contributed by atoms with van der Waals surface area (Å²) in [7, 11) is 0. The van der Waals surface area contributed by atoms with Crippen molar-refractivity contribution in [3.8, 4) is 22.2 Å². The number of carbonyl (C=O) groups excluding carboxylic acids is 1. The number of nitrogens with zero attached hydrogens (tertiary/aromatic N) is 2. The summed E-state index contributed by atoms with van der Waals surface area (Å²) in [4.78, 5) is 21.1. The highest BCUT2D eigenvalue weighted by Crippen LogP contribution is 2.24. The van der Waals surface area contributed by atoms with Gasteiger partial charge in [0, 0.05) is 17.3 Å². The van der Waals surface area contributed by atoms with Gasteiger partial charge in [0.1, 0.15) is 16.5 Å². The number of hydrogen-bond donors (Lipinski definition) is 1. The van der Waals surface area contributed by atoms with Gasteiger partial charge < -0.3 is 10.1 Å². The number of nitrogens with one attached hydrogen (secondary N) is 1. The molecule has 28 heavy (non-hydrogen) atoms. The van der Waals surface area contributed by atoms with E-state index in [9.17, 15) is 4.79 Å². The number of rotatable bonds is 6. The van der Waals surface area contributed by atoms with E-state index in [1.165, 1.54) is 11.3 Å². The highest BCUT2D eigenvalue weighted by atomic mass is 32.1. The summed E-state index contributed by atoms with van der Waals surface area (Å²) in [6.45, 7) is 0. The summed E-state index contributed by atoms with van der Waals surface area (Å²) >= 11 is 1.48. The van der Waals surface area contributed by atoms with Crippen molar-refractivity contribution in [2.75, 3.05) is 5.32 Å². The van der Waals surface area contributed by atoms with Crippen LogP contribution in [-0.2, 0) is 11.2 Å². The number of para-hydroxylation sites is 1. The maximum absolute atomic E-state index is 12.3. The maximum atomic E-state index is 12.3. The van der Waals surface area contributed by atoms with E-state index in [-0.39, 0.29) is 12.3 Å². The molecule has 0 saturated heterocycles. The highest BCUT2D eigenvalue weighted by molar-refractivity contribution is 7.13. The zero-order valence-corrected chi connectivity index (χ0v) is 15.7. The number of aromatic nitrogens is 2. The third kappa shape index (κ3) is 4.61. The first-order valence-corrected chi connectivity index (χ1v) is 9.63. The normalized spacial score (nSPS) is 10.4. The zero-order valence-electron chi connectivity index (χ0n) is 14.9. The summed E-state index contributed by atoms with van der Waals surface area (Å²) in [5.74, 6) is 1.37. The summed E-state index contributed by atoms with van der Waals surface area (Å²) < 4.78 is 5.75. The number of ether oxygens (including phenoxy) is 1. The predicted molar refractivity (Wildman–Crippen MR) is 111 cm³/mol. The summed E-state index contributed by atoms with van der Waals surface area (Å²) in [5, 5.41) is 5.59. The minimum absolute atomic E-state index is 0.116. The van der Waals surface area contributed by atoms with Crippen molar-refractivity contribution >= 4 is 22.9 Å². The van der Waals surface area contributed by atoms with Crippen LogP contribution < -0.4 is 10.1 Å². The molecule has 0 spiro atoms. The number of hydrogen-bond acceptors (Lipinski definition) is 5.